The molecule has 0 aliphatic heterocycles. The van der Waals surface area contributed by atoms with Crippen molar-refractivity contribution in [3.63, 3.8) is 0 Å². The van der Waals surface area contributed by atoms with E-state index in [2.05, 4.69) is 31.5 Å². The Labute approximate surface area is 134 Å². The van der Waals surface area contributed by atoms with E-state index in [1.807, 2.05) is 30.3 Å². The van der Waals surface area contributed by atoms with Crippen molar-refractivity contribution in [2.75, 3.05) is 5.73 Å². The molecule has 0 saturated heterocycles. The van der Waals surface area contributed by atoms with Crippen LogP contribution in [0.5, 0.6) is 0 Å². The van der Waals surface area contributed by atoms with Gasteiger partial charge in [0, 0.05) is 10.0 Å². The molecular formula is C14H11BrClN5. The number of tetrazole rings is 1. The lowest BCUT2D eigenvalue weighted by atomic mass is 10.2. The lowest BCUT2D eigenvalue weighted by Gasteiger charge is -2.07. The monoisotopic (exact) mass is 363 g/mol. The molecule has 0 bridgehead atoms. The van der Waals surface area contributed by atoms with Gasteiger partial charge in [0.2, 0.25) is 0 Å². The molecule has 0 aliphatic carbocycles. The van der Waals surface area contributed by atoms with Gasteiger partial charge in [0.1, 0.15) is 0 Å². The van der Waals surface area contributed by atoms with E-state index in [-0.39, 0.29) is 0 Å². The van der Waals surface area contributed by atoms with Gasteiger partial charge in [-0.1, -0.05) is 45.7 Å². The number of aromatic nitrogens is 4. The van der Waals surface area contributed by atoms with Gasteiger partial charge in [-0.25, -0.2) is 4.68 Å². The summed E-state index contributed by atoms with van der Waals surface area (Å²) in [7, 11) is 0. The van der Waals surface area contributed by atoms with Crippen LogP contribution >= 0.6 is 27.5 Å². The molecule has 1 heterocycles. The molecule has 0 fully saturated rings. The van der Waals surface area contributed by atoms with Gasteiger partial charge >= 0.3 is 0 Å². The van der Waals surface area contributed by atoms with Crippen molar-refractivity contribution in [3.05, 3.63) is 57.5 Å². The molecule has 21 heavy (non-hydrogen) atoms. The second-order valence-corrected chi connectivity index (χ2v) is 5.75. The Bertz CT molecular complexity index is 787. The summed E-state index contributed by atoms with van der Waals surface area (Å²) in [6.45, 7) is 0.562. The van der Waals surface area contributed by atoms with Gasteiger partial charge in [-0.3, -0.25) is 0 Å². The summed E-state index contributed by atoms with van der Waals surface area (Å²) in [5.74, 6) is 0.647. The zero-order valence-corrected chi connectivity index (χ0v) is 13.2. The van der Waals surface area contributed by atoms with Gasteiger partial charge in [-0.05, 0) is 40.3 Å². The summed E-state index contributed by atoms with van der Waals surface area (Å²) in [4.78, 5) is 0. The Balaban J connectivity index is 1.97. The Morgan fingerprint density at radius 3 is 2.76 bits per heavy atom. The number of benzene rings is 2. The summed E-state index contributed by atoms with van der Waals surface area (Å²) in [6, 6.07) is 13.3. The van der Waals surface area contributed by atoms with Gasteiger partial charge in [0.05, 0.1) is 17.3 Å². The molecule has 0 radical (unpaired) electrons. The van der Waals surface area contributed by atoms with Gasteiger partial charge < -0.3 is 5.73 Å². The molecule has 2 aromatic carbocycles. The molecule has 0 unspecified atom stereocenters. The highest BCUT2D eigenvalue weighted by atomic mass is 79.9. The fraction of sp³-hybridized carbons (Fsp3) is 0.0714. The minimum atomic E-state index is 0.504. The first-order valence-electron chi connectivity index (χ1n) is 6.20. The van der Waals surface area contributed by atoms with Crippen molar-refractivity contribution in [2.24, 2.45) is 0 Å². The molecule has 5 nitrogen and oxygen atoms in total. The van der Waals surface area contributed by atoms with Gasteiger partial charge in [0.15, 0.2) is 5.82 Å². The summed E-state index contributed by atoms with van der Waals surface area (Å²) >= 11 is 9.47. The van der Waals surface area contributed by atoms with Crippen LogP contribution in [0.2, 0.25) is 5.02 Å². The molecule has 7 heteroatoms. The van der Waals surface area contributed by atoms with E-state index in [4.69, 9.17) is 17.3 Å². The van der Waals surface area contributed by atoms with Crippen molar-refractivity contribution in [1.82, 2.24) is 20.2 Å². The van der Waals surface area contributed by atoms with E-state index < -0.39 is 0 Å². The molecule has 106 valence electrons. The summed E-state index contributed by atoms with van der Waals surface area (Å²) < 4.78 is 2.74. The lowest BCUT2D eigenvalue weighted by molar-refractivity contribution is 0.652. The Morgan fingerprint density at radius 2 is 2.00 bits per heavy atom. The summed E-state index contributed by atoms with van der Waals surface area (Å²) in [5, 5.41) is 12.4. The summed E-state index contributed by atoms with van der Waals surface area (Å²) in [5.41, 5.74) is 8.26. The third-order valence-electron chi connectivity index (χ3n) is 3.06. The standard InChI is InChI=1S/C14H11BrClN5/c15-11-4-2-1-3-10(11)8-21-14(18-19-20-21)9-5-6-12(16)13(17)7-9/h1-7H,8,17H2. The molecule has 1 aromatic heterocycles. The van der Waals surface area contributed by atoms with Crippen LogP contribution in [-0.2, 0) is 6.54 Å². The first kappa shape index (κ1) is 14.0. The van der Waals surface area contributed by atoms with Gasteiger partial charge in [-0.2, -0.15) is 0 Å². The lowest BCUT2D eigenvalue weighted by Crippen LogP contribution is -2.05. The number of anilines is 1. The maximum absolute atomic E-state index is 5.94. The van der Waals surface area contributed by atoms with Crippen LogP contribution < -0.4 is 5.73 Å². The molecule has 0 aliphatic rings. The van der Waals surface area contributed by atoms with Crippen LogP contribution in [0.25, 0.3) is 11.4 Å². The maximum atomic E-state index is 5.94. The van der Waals surface area contributed by atoms with Gasteiger partial charge in [-0.15, -0.1) is 5.10 Å². The third kappa shape index (κ3) is 2.91. The van der Waals surface area contributed by atoms with Crippen molar-refractivity contribution in [2.45, 2.75) is 6.54 Å². The molecule has 0 saturated carbocycles. The average Bonchev–Trinajstić information content (AvgIpc) is 2.93. The molecule has 3 rings (SSSR count). The first-order valence-corrected chi connectivity index (χ1v) is 7.37. The quantitative estimate of drug-likeness (QED) is 0.723. The third-order valence-corrected chi connectivity index (χ3v) is 4.18. The number of hydrogen-bond acceptors (Lipinski definition) is 4. The van der Waals surface area contributed by atoms with Crippen LogP contribution in [0.15, 0.2) is 46.9 Å². The number of nitrogen functional groups attached to an aromatic ring is 1. The van der Waals surface area contributed by atoms with Crippen LogP contribution in [0.1, 0.15) is 5.56 Å². The number of hydrogen-bond donors (Lipinski definition) is 1. The smallest absolute Gasteiger partial charge is 0.182 e. The van der Waals surface area contributed by atoms with Crippen molar-refractivity contribution in [1.29, 1.82) is 0 Å². The molecule has 0 atom stereocenters. The summed E-state index contributed by atoms with van der Waals surface area (Å²) in [6.07, 6.45) is 0. The van der Waals surface area contributed by atoms with E-state index in [1.165, 1.54) is 0 Å². The zero-order chi connectivity index (χ0) is 14.8. The normalized spacial score (nSPS) is 10.8. The SMILES string of the molecule is Nc1cc(-c2nnnn2Cc2ccccc2Br)ccc1Cl. The van der Waals surface area contributed by atoms with E-state index in [0.717, 1.165) is 15.6 Å². The molecule has 2 N–H and O–H groups in total. The van der Waals surface area contributed by atoms with E-state index in [1.54, 1.807) is 16.8 Å². The highest BCUT2D eigenvalue weighted by Gasteiger charge is 2.11. The average molecular weight is 365 g/mol. The highest BCUT2D eigenvalue weighted by Crippen LogP contribution is 2.26. The van der Waals surface area contributed by atoms with E-state index in [0.29, 0.717) is 23.1 Å². The molecule has 0 spiro atoms. The van der Waals surface area contributed by atoms with E-state index >= 15 is 0 Å². The van der Waals surface area contributed by atoms with Crippen LogP contribution in [0.4, 0.5) is 5.69 Å². The molecule has 3 aromatic rings. The fourth-order valence-corrected chi connectivity index (χ4v) is 2.52. The molecule has 0 amide bonds. The number of nitrogens with two attached hydrogens (primary N) is 1. The highest BCUT2D eigenvalue weighted by molar-refractivity contribution is 9.10. The van der Waals surface area contributed by atoms with Crippen molar-refractivity contribution in [3.8, 4) is 11.4 Å². The zero-order valence-electron chi connectivity index (χ0n) is 10.9. The fourth-order valence-electron chi connectivity index (χ4n) is 1.99. The minimum Gasteiger partial charge on any atom is -0.398 e. The predicted molar refractivity (Wildman–Crippen MR) is 85.9 cm³/mol. The van der Waals surface area contributed by atoms with E-state index in [9.17, 15) is 0 Å². The van der Waals surface area contributed by atoms with Crippen molar-refractivity contribution >= 4 is 33.2 Å². The number of rotatable bonds is 3. The maximum Gasteiger partial charge on any atom is 0.182 e. The van der Waals surface area contributed by atoms with Crippen LogP contribution in [0, 0.1) is 0 Å². The minimum absolute atomic E-state index is 0.504. The number of halogens is 2. The number of nitrogens with zero attached hydrogens (tertiary/aromatic N) is 4. The van der Waals surface area contributed by atoms with Crippen LogP contribution in [-0.4, -0.2) is 20.2 Å². The Kier molecular flexibility index (Phi) is 3.90. The Morgan fingerprint density at radius 1 is 1.19 bits per heavy atom. The topological polar surface area (TPSA) is 69.6 Å². The van der Waals surface area contributed by atoms with Crippen LogP contribution in [0.3, 0.4) is 0 Å². The van der Waals surface area contributed by atoms with Gasteiger partial charge in [0.25, 0.3) is 0 Å². The second-order valence-electron chi connectivity index (χ2n) is 4.49. The first-order chi connectivity index (χ1) is 10.1. The predicted octanol–water partition coefficient (Wildman–Crippen LogP) is 3.39. The largest absolute Gasteiger partial charge is 0.398 e. The molecular weight excluding hydrogens is 354 g/mol. The van der Waals surface area contributed by atoms with Crippen molar-refractivity contribution < 1.29 is 0 Å². The Hall–Kier alpha value is -1.92. The second kappa shape index (κ2) is 5.83.